The van der Waals surface area contributed by atoms with Crippen LogP contribution in [0.2, 0.25) is 0 Å². The predicted octanol–water partition coefficient (Wildman–Crippen LogP) is 1.09. The topological polar surface area (TPSA) is 61.4 Å². The molecule has 5 heteroatoms. The Morgan fingerprint density at radius 2 is 1.55 bits per heavy atom. The van der Waals surface area contributed by atoms with E-state index in [0.717, 1.165) is 12.8 Å². The summed E-state index contributed by atoms with van der Waals surface area (Å²) in [6, 6.07) is 0. The van der Waals surface area contributed by atoms with Gasteiger partial charge in [0.25, 0.3) is 0 Å². The van der Waals surface area contributed by atoms with Gasteiger partial charge in [0.15, 0.2) is 0 Å². The van der Waals surface area contributed by atoms with Gasteiger partial charge in [0.2, 0.25) is 0 Å². The van der Waals surface area contributed by atoms with Crippen molar-refractivity contribution in [2.45, 2.75) is 26.7 Å². The molecule has 4 nitrogen and oxygen atoms in total. The summed E-state index contributed by atoms with van der Waals surface area (Å²) < 4.78 is 11.1. The average molecular weight is 180 g/mol. The molecule has 0 heterocycles. The molecule has 0 aliphatic rings. The molecule has 0 bridgehead atoms. The van der Waals surface area contributed by atoms with Gasteiger partial charge in [-0.15, -0.1) is 0 Å². The second-order valence-corrected chi connectivity index (χ2v) is 4.18. The Morgan fingerprint density at radius 3 is 1.82 bits per heavy atom. The summed E-state index contributed by atoms with van der Waals surface area (Å²) in [5.74, 6) is 0. The van der Waals surface area contributed by atoms with E-state index in [1.54, 1.807) is 0 Å². The van der Waals surface area contributed by atoms with Crippen LogP contribution >= 0.6 is 7.67 Å². The summed E-state index contributed by atoms with van der Waals surface area (Å²) in [4.78, 5) is 9.11. The largest absolute Gasteiger partial charge is 0.338 e. The summed E-state index contributed by atoms with van der Waals surface area (Å²) in [6.07, 6.45) is 1.72. The van der Waals surface area contributed by atoms with Crippen LogP contribution in [0.3, 0.4) is 0 Å². The zero-order chi connectivity index (χ0) is 8.74. The fraction of sp³-hybridized carbons (Fsp3) is 1.00. The molecular weight excluding hydrogens is 163 g/mol. The summed E-state index contributed by atoms with van der Waals surface area (Å²) in [6.45, 7) is 5.05. The van der Waals surface area contributed by atoms with Crippen molar-refractivity contribution < 1.29 is 9.46 Å². The Morgan fingerprint density at radius 1 is 1.18 bits per heavy atom. The van der Waals surface area contributed by atoms with Crippen molar-refractivity contribution in [3.05, 3.63) is 0 Å². The molecule has 0 fully saturated rings. The molecule has 0 saturated carbocycles. The molecule has 3 N–H and O–H groups in total. The minimum Gasteiger partial charge on any atom is -0.322 e. The summed E-state index contributed by atoms with van der Waals surface area (Å²) in [5, 5.41) is 5.09. The van der Waals surface area contributed by atoms with E-state index in [0.29, 0.717) is 13.1 Å². The third kappa shape index (κ3) is 6.51. The van der Waals surface area contributed by atoms with Gasteiger partial charge in [0.1, 0.15) is 0 Å². The molecule has 0 aliphatic carbocycles. The standard InChI is InChI=1S/C6H17N2O2P/c1-3-5-7-11(9,10)8-6-4-2/h3-6H2,1-2H3,(H3,7,8,9,10). The van der Waals surface area contributed by atoms with Crippen LogP contribution in [-0.4, -0.2) is 18.0 Å². The highest BCUT2D eigenvalue weighted by Gasteiger charge is 2.13. The van der Waals surface area contributed by atoms with Gasteiger partial charge in [-0.2, -0.15) is 0 Å². The van der Waals surface area contributed by atoms with Crippen molar-refractivity contribution in [2.75, 3.05) is 13.1 Å². The molecule has 0 atom stereocenters. The lowest BCUT2D eigenvalue weighted by atomic mass is 10.5. The predicted molar refractivity (Wildman–Crippen MR) is 46.4 cm³/mol. The van der Waals surface area contributed by atoms with Gasteiger partial charge in [-0.3, -0.25) is 4.57 Å². The molecule has 11 heavy (non-hydrogen) atoms. The van der Waals surface area contributed by atoms with Gasteiger partial charge < -0.3 is 4.89 Å². The minimum atomic E-state index is -3.23. The van der Waals surface area contributed by atoms with Gasteiger partial charge in [-0.05, 0) is 12.8 Å². The molecule has 0 aliphatic heterocycles. The Balaban J connectivity index is 3.53. The first-order valence-electron chi connectivity index (χ1n) is 3.95. The quantitative estimate of drug-likeness (QED) is 0.535. The van der Waals surface area contributed by atoms with E-state index in [4.69, 9.17) is 4.89 Å². The van der Waals surface area contributed by atoms with Crippen molar-refractivity contribution in [1.82, 2.24) is 10.2 Å². The van der Waals surface area contributed by atoms with Crippen molar-refractivity contribution in [2.24, 2.45) is 0 Å². The highest BCUT2D eigenvalue weighted by molar-refractivity contribution is 7.53. The minimum absolute atomic E-state index is 0.574. The first-order valence-corrected chi connectivity index (χ1v) is 5.61. The van der Waals surface area contributed by atoms with Gasteiger partial charge in [-0.1, -0.05) is 13.8 Å². The van der Waals surface area contributed by atoms with E-state index in [1.165, 1.54) is 0 Å². The van der Waals surface area contributed by atoms with Crippen LogP contribution in [0.1, 0.15) is 26.7 Å². The zero-order valence-corrected chi connectivity index (χ0v) is 8.03. The Kier molecular flexibility index (Phi) is 5.78. The molecule has 0 rings (SSSR count). The van der Waals surface area contributed by atoms with Crippen LogP contribution in [0.15, 0.2) is 0 Å². The third-order valence-corrected chi connectivity index (χ3v) is 2.46. The van der Waals surface area contributed by atoms with Crippen molar-refractivity contribution in [3.63, 3.8) is 0 Å². The lowest BCUT2D eigenvalue weighted by Gasteiger charge is -2.12. The maximum Gasteiger partial charge on any atom is 0.338 e. The molecule has 68 valence electrons. The second kappa shape index (κ2) is 5.72. The van der Waals surface area contributed by atoms with Crippen molar-refractivity contribution in [1.29, 1.82) is 0 Å². The van der Waals surface area contributed by atoms with Crippen LogP contribution < -0.4 is 10.2 Å². The zero-order valence-electron chi connectivity index (χ0n) is 7.13. The summed E-state index contributed by atoms with van der Waals surface area (Å²) >= 11 is 0. The van der Waals surface area contributed by atoms with Crippen LogP contribution in [-0.2, 0) is 4.57 Å². The fourth-order valence-corrected chi connectivity index (χ4v) is 1.75. The highest BCUT2D eigenvalue weighted by Crippen LogP contribution is 2.28. The molecule has 0 aromatic rings. The lowest BCUT2D eigenvalue weighted by molar-refractivity contribution is 0.446. The number of nitrogens with one attached hydrogen (secondary N) is 2. The van der Waals surface area contributed by atoms with E-state index >= 15 is 0 Å². The second-order valence-electron chi connectivity index (χ2n) is 2.39. The maximum absolute atomic E-state index is 11.1. The summed E-state index contributed by atoms with van der Waals surface area (Å²) in [7, 11) is -3.23. The van der Waals surface area contributed by atoms with Crippen molar-refractivity contribution in [3.8, 4) is 0 Å². The van der Waals surface area contributed by atoms with E-state index in [9.17, 15) is 4.57 Å². The van der Waals surface area contributed by atoms with Gasteiger partial charge in [-0.25, -0.2) is 10.2 Å². The first kappa shape index (κ1) is 11.1. The van der Waals surface area contributed by atoms with E-state index in [1.807, 2.05) is 13.8 Å². The third-order valence-electron chi connectivity index (χ3n) is 1.15. The van der Waals surface area contributed by atoms with Crippen LogP contribution in [0.4, 0.5) is 0 Å². The van der Waals surface area contributed by atoms with Gasteiger partial charge >= 0.3 is 7.67 Å². The van der Waals surface area contributed by atoms with Crippen molar-refractivity contribution >= 4 is 7.67 Å². The highest BCUT2D eigenvalue weighted by atomic mass is 31.2. The SMILES string of the molecule is CCCNP(=O)(O)NCCC. The molecule has 0 unspecified atom stereocenters. The number of hydrogen-bond donors (Lipinski definition) is 3. The Hall–Kier alpha value is 0.110. The lowest BCUT2D eigenvalue weighted by Crippen LogP contribution is -2.23. The number of hydrogen-bond acceptors (Lipinski definition) is 1. The van der Waals surface area contributed by atoms with Gasteiger partial charge in [0.05, 0.1) is 0 Å². The summed E-state index contributed by atoms with van der Waals surface area (Å²) in [5.41, 5.74) is 0. The van der Waals surface area contributed by atoms with Crippen LogP contribution in [0.5, 0.6) is 0 Å². The van der Waals surface area contributed by atoms with E-state index in [2.05, 4.69) is 10.2 Å². The first-order chi connectivity index (χ1) is 5.12. The fourth-order valence-electron chi connectivity index (χ4n) is 0.583. The molecule has 0 radical (unpaired) electrons. The molecule has 0 aromatic heterocycles. The van der Waals surface area contributed by atoms with Crippen LogP contribution in [0.25, 0.3) is 0 Å². The smallest absolute Gasteiger partial charge is 0.322 e. The Labute approximate surface area is 67.9 Å². The maximum atomic E-state index is 11.1. The average Bonchev–Trinajstić information content (AvgIpc) is 1.97. The molecular formula is C6H17N2O2P. The van der Waals surface area contributed by atoms with Crippen LogP contribution in [0, 0.1) is 0 Å². The normalized spacial score (nSPS) is 11.9. The monoisotopic (exact) mass is 180 g/mol. The molecule has 0 amide bonds. The number of rotatable bonds is 6. The molecule has 0 saturated heterocycles. The van der Waals surface area contributed by atoms with Gasteiger partial charge in [0, 0.05) is 13.1 Å². The Bertz CT molecular complexity index is 129. The van der Waals surface area contributed by atoms with E-state index < -0.39 is 7.67 Å². The molecule has 0 aromatic carbocycles. The molecule has 0 spiro atoms. The van der Waals surface area contributed by atoms with E-state index in [-0.39, 0.29) is 0 Å².